The van der Waals surface area contributed by atoms with E-state index in [0.717, 1.165) is 6.42 Å². The summed E-state index contributed by atoms with van der Waals surface area (Å²) in [6.07, 6.45) is 1.23. The number of amides is 1. The normalized spacial score (nSPS) is 32.4. The molecule has 3 atom stereocenters. The maximum absolute atomic E-state index is 12.9. The highest BCUT2D eigenvalue weighted by Crippen LogP contribution is 2.44. The molecule has 0 spiro atoms. The third-order valence-electron chi connectivity index (χ3n) is 5.37. The highest BCUT2D eigenvalue weighted by molar-refractivity contribution is 8.01. The molecule has 1 amide bonds. The maximum atomic E-state index is 12.9. The molecule has 1 aromatic carbocycles. The summed E-state index contributed by atoms with van der Waals surface area (Å²) in [6.45, 7) is 1.73. The van der Waals surface area contributed by atoms with Gasteiger partial charge in [0.25, 0.3) is 0 Å². The van der Waals surface area contributed by atoms with Crippen LogP contribution in [0.5, 0.6) is 0 Å². The average Bonchev–Trinajstić information content (AvgIpc) is 3.16. The van der Waals surface area contributed by atoms with Gasteiger partial charge in [-0.05, 0) is 24.5 Å². The molecule has 0 aromatic heterocycles. The van der Waals surface area contributed by atoms with Crippen molar-refractivity contribution in [3.8, 4) is 0 Å². The highest BCUT2D eigenvalue weighted by Gasteiger charge is 2.55. The van der Waals surface area contributed by atoms with Crippen LogP contribution in [0.2, 0.25) is 0 Å². The van der Waals surface area contributed by atoms with Crippen LogP contribution in [0, 0.1) is 11.3 Å². The zero-order valence-electron chi connectivity index (χ0n) is 12.7. The Morgan fingerprint density at radius 3 is 2.91 bits per heavy atom. The third kappa shape index (κ3) is 2.35. The predicted molar refractivity (Wildman–Crippen MR) is 85.4 cm³/mol. The van der Waals surface area contributed by atoms with E-state index in [-0.39, 0.29) is 17.1 Å². The van der Waals surface area contributed by atoms with Crippen molar-refractivity contribution in [1.29, 1.82) is 0 Å². The van der Waals surface area contributed by atoms with Crippen LogP contribution in [0.15, 0.2) is 29.2 Å². The fraction of sp³-hybridized carbons (Fsp3) is 0.529. The number of carboxylic acids is 1. The number of benzene rings is 1. The van der Waals surface area contributed by atoms with Crippen LogP contribution < -0.4 is 0 Å². The lowest BCUT2D eigenvalue weighted by atomic mass is 9.74. The molecule has 1 aromatic rings. The molecular weight excluding hydrogens is 314 g/mol. The zero-order chi connectivity index (χ0) is 16.0. The molecule has 2 fully saturated rings. The van der Waals surface area contributed by atoms with Gasteiger partial charge in [-0.2, -0.15) is 0 Å². The second-order valence-corrected chi connectivity index (χ2v) is 7.86. The van der Waals surface area contributed by atoms with Gasteiger partial charge >= 0.3 is 5.97 Å². The summed E-state index contributed by atoms with van der Waals surface area (Å²) in [5, 5.41) is 9.58. The zero-order valence-corrected chi connectivity index (χ0v) is 13.6. The Kier molecular flexibility index (Phi) is 3.61. The number of nitrogens with zero attached hydrogens (tertiary/aromatic N) is 1. The minimum absolute atomic E-state index is 0.0706. The number of carbonyl (C=O) groups is 2. The van der Waals surface area contributed by atoms with Gasteiger partial charge in [0.2, 0.25) is 5.91 Å². The van der Waals surface area contributed by atoms with Crippen molar-refractivity contribution < 1.29 is 19.4 Å². The van der Waals surface area contributed by atoms with Gasteiger partial charge in [-0.25, -0.2) is 0 Å². The average molecular weight is 333 g/mol. The van der Waals surface area contributed by atoms with Crippen molar-refractivity contribution in [2.24, 2.45) is 11.3 Å². The summed E-state index contributed by atoms with van der Waals surface area (Å²) in [5.41, 5.74) is 0.396. The number of aliphatic carboxylic acids is 1. The molecule has 1 unspecified atom stereocenters. The lowest BCUT2D eigenvalue weighted by Gasteiger charge is -2.33. The largest absolute Gasteiger partial charge is 0.481 e. The summed E-state index contributed by atoms with van der Waals surface area (Å²) >= 11 is 1.60. The molecular formula is C17H19NO4S. The minimum Gasteiger partial charge on any atom is -0.481 e. The van der Waals surface area contributed by atoms with Gasteiger partial charge in [-0.1, -0.05) is 18.2 Å². The summed E-state index contributed by atoms with van der Waals surface area (Å²) in [6, 6.07) is 8.09. The Bertz CT molecular complexity index is 639. The van der Waals surface area contributed by atoms with Crippen molar-refractivity contribution in [3.05, 3.63) is 29.8 Å². The topological polar surface area (TPSA) is 66.8 Å². The van der Waals surface area contributed by atoms with E-state index in [0.29, 0.717) is 32.7 Å². The Labute approximate surface area is 139 Å². The molecule has 1 N–H and O–H groups in total. The number of carboxylic acid groups (broad SMARTS) is 1. The van der Waals surface area contributed by atoms with Crippen LogP contribution in [0.3, 0.4) is 0 Å². The summed E-state index contributed by atoms with van der Waals surface area (Å²) in [5.74, 6) is -0.809. The number of hydrogen-bond acceptors (Lipinski definition) is 4. The Morgan fingerprint density at radius 1 is 1.35 bits per heavy atom. The maximum Gasteiger partial charge on any atom is 0.311 e. The van der Waals surface area contributed by atoms with E-state index in [1.54, 1.807) is 16.7 Å². The van der Waals surface area contributed by atoms with Crippen LogP contribution in [0.4, 0.5) is 0 Å². The number of thioether (sulfide) groups is 1. The molecule has 0 saturated carbocycles. The predicted octanol–water partition coefficient (Wildman–Crippen LogP) is 1.65. The monoisotopic (exact) mass is 333 g/mol. The van der Waals surface area contributed by atoms with Crippen molar-refractivity contribution in [1.82, 2.24) is 4.90 Å². The van der Waals surface area contributed by atoms with Crippen LogP contribution in [0.25, 0.3) is 0 Å². The number of hydrogen-bond donors (Lipinski definition) is 1. The molecule has 3 heterocycles. The number of fused-ring (bicyclic) bond motifs is 2. The molecule has 122 valence electrons. The van der Waals surface area contributed by atoms with E-state index in [9.17, 15) is 14.7 Å². The molecule has 5 nitrogen and oxygen atoms in total. The SMILES string of the molecule is O=C(C1Cc2ccccc2S1)N1C[C@H]2COCC[C@@]2(C(=O)O)C1. The van der Waals surface area contributed by atoms with Crippen molar-refractivity contribution in [2.75, 3.05) is 26.3 Å². The Hall–Kier alpha value is -1.53. The van der Waals surface area contributed by atoms with E-state index >= 15 is 0 Å². The fourth-order valence-corrected chi connectivity index (χ4v) is 5.27. The van der Waals surface area contributed by atoms with E-state index in [1.807, 2.05) is 18.2 Å². The molecule has 4 rings (SSSR count). The molecule has 2 saturated heterocycles. The lowest BCUT2D eigenvalue weighted by Crippen LogP contribution is -2.45. The summed E-state index contributed by atoms with van der Waals surface area (Å²) < 4.78 is 5.46. The third-order valence-corrected chi connectivity index (χ3v) is 6.67. The second kappa shape index (κ2) is 5.53. The number of likely N-dealkylation sites (tertiary alicyclic amines) is 1. The first-order valence-electron chi connectivity index (χ1n) is 7.95. The molecule has 6 heteroatoms. The van der Waals surface area contributed by atoms with Crippen molar-refractivity contribution in [3.63, 3.8) is 0 Å². The first-order chi connectivity index (χ1) is 11.1. The van der Waals surface area contributed by atoms with Crippen LogP contribution in [-0.2, 0) is 20.7 Å². The smallest absolute Gasteiger partial charge is 0.311 e. The van der Waals surface area contributed by atoms with E-state index in [2.05, 4.69) is 6.07 Å². The summed E-state index contributed by atoms with van der Waals surface area (Å²) in [4.78, 5) is 27.6. The summed E-state index contributed by atoms with van der Waals surface area (Å²) in [7, 11) is 0. The number of rotatable bonds is 2. The molecule has 3 aliphatic heterocycles. The quantitative estimate of drug-likeness (QED) is 0.891. The lowest BCUT2D eigenvalue weighted by molar-refractivity contribution is -0.157. The standard InChI is InChI=1S/C17H19NO4S/c19-15(14-7-11-3-1-2-4-13(11)23-14)18-8-12-9-22-6-5-17(12,10-18)16(20)21/h1-4,12,14H,5-10H2,(H,20,21)/t12-,14?,17+/m0/s1. The molecule has 0 aliphatic carbocycles. The van der Waals surface area contributed by atoms with Crippen molar-refractivity contribution in [2.45, 2.75) is 23.0 Å². The molecule has 0 radical (unpaired) electrons. The Balaban J connectivity index is 1.52. The second-order valence-electron chi connectivity index (χ2n) is 6.62. The van der Waals surface area contributed by atoms with Crippen molar-refractivity contribution >= 4 is 23.6 Å². The van der Waals surface area contributed by atoms with E-state index in [4.69, 9.17) is 4.74 Å². The number of carbonyl (C=O) groups excluding carboxylic acids is 1. The highest BCUT2D eigenvalue weighted by atomic mass is 32.2. The van der Waals surface area contributed by atoms with Crippen LogP contribution in [-0.4, -0.2) is 53.4 Å². The molecule has 23 heavy (non-hydrogen) atoms. The van der Waals surface area contributed by atoms with Gasteiger partial charge in [0.15, 0.2) is 0 Å². The van der Waals surface area contributed by atoms with Gasteiger partial charge in [0.1, 0.15) is 0 Å². The van der Waals surface area contributed by atoms with Gasteiger partial charge in [-0.15, -0.1) is 11.8 Å². The van der Waals surface area contributed by atoms with Gasteiger partial charge in [0.05, 0.1) is 17.3 Å². The number of ether oxygens (including phenoxy) is 1. The van der Waals surface area contributed by atoms with E-state index in [1.165, 1.54) is 10.5 Å². The van der Waals surface area contributed by atoms with Crippen LogP contribution in [0.1, 0.15) is 12.0 Å². The van der Waals surface area contributed by atoms with Gasteiger partial charge < -0.3 is 14.7 Å². The minimum atomic E-state index is -0.815. The van der Waals surface area contributed by atoms with E-state index < -0.39 is 11.4 Å². The fourth-order valence-electron chi connectivity index (χ4n) is 3.99. The Morgan fingerprint density at radius 2 is 2.17 bits per heavy atom. The van der Waals surface area contributed by atoms with Gasteiger partial charge in [-0.3, -0.25) is 9.59 Å². The molecule has 3 aliphatic rings. The van der Waals surface area contributed by atoms with Gasteiger partial charge in [0, 0.05) is 30.5 Å². The first-order valence-corrected chi connectivity index (χ1v) is 8.82. The van der Waals surface area contributed by atoms with Crippen LogP contribution >= 0.6 is 11.8 Å². The first kappa shape index (κ1) is 15.0. The molecule has 0 bridgehead atoms.